The van der Waals surface area contributed by atoms with Crippen LogP contribution in [-0.2, 0) is 13.2 Å². The van der Waals surface area contributed by atoms with Gasteiger partial charge in [0.1, 0.15) is 12.4 Å². The van der Waals surface area contributed by atoms with Gasteiger partial charge in [0.15, 0.2) is 0 Å². The molecule has 0 bridgehead atoms. The topological polar surface area (TPSA) is 21.3 Å². The molecule has 2 rings (SSSR count). The fraction of sp³-hybridized carbons (Fsp3) is 0.375. The number of hydrogen-bond acceptors (Lipinski definition) is 3. The zero-order valence-corrected chi connectivity index (χ0v) is 15.3. The first-order valence-corrected chi connectivity index (χ1v) is 8.95. The van der Waals surface area contributed by atoms with Crippen molar-refractivity contribution in [3.8, 4) is 5.75 Å². The third-order valence-electron chi connectivity index (χ3n) is 2.98. The number of ether oxygens (including phenoxy) is 1. The molecule has 21 heavy (non-hydrogen) atoms. The van der Waals surface area contributed by atoms with Gasteiger partial charge in [-0.3, -0.25) is 0 Å². The lowest BCUT2D eigenvalue weighted by Gasteiger charge is -2.14. The summed E-state index contributed by atoms with van der Waals surface area (Å²) >= 11 is 11.5. The van der Waals surface area contributed by atoms with Gasteiger partial charge in [-0.05, 0) is 52.0 Å². The summed E-state index contributed by atoms with van der Waals surface area (Å²) in [6.07, 6.45) is 0. The largest absolute Gasteiger partial charge is 0.488 e. The molecule has 5 heteroatoms. The lowest BCUT2D eigenvalue weighted by Crippen LogP contribution is -2.19. The molecule has 1 aromatic carbocycles. The van der Waals surface area contributed by atoms with Crippen LogP contribution in [0.3, 0.4) is 0 Å². The first-order valence-electron chi connectivity index (χ1n) is 6.90. The van der Waals surface area contributed by atoms with E-state index in [1.807, 2.05) is 29.6 Å². The van der Waals surface area contributed by atoms with E-state index in [0.717, 1.165) is 33.9 Å². The van der Waals surface area contributed by atoms with Crippen molar-refractivity contribution in [1.82, 2.24) is 5.32 Å². The van der Waals surface area contributed by atoms with E-state index < -0.39 is 0 Å². The van der Waals surface area contributed by atoms with E-state index in [1.54, 1.807) is 11.3 Å². The Balaban J connectivity index is 2.04. The number of hydrogen-bond donors (Lipinski definition) is 1. The SMILES string of the molecule is CC(C)CNCc1c(Cl)cccc1OCc1sccc1Br. The van der Waals surface area contributed by atoms with Crippen molar-refractivity contribution in [3.63, 3.8) is 0 Å². The predicted molar refractivity (Wildman–Crippen MR) is 94.3 cm³/mol. The quantitative estimate of drug-likeness (QED) is 0.677. The average Bonchev–Trinajstić information content (AvgIpc) is 2.84. The molecule has 0 aliphatic carbocycles. The maximum absolute atomic E-state index is 6.31. The van der Waals surface area contributed by atoms with E-state index in [-0.39, 0.29) is 0 Å². The third-order valence-corrected chi connectivity index (χ3v) is 5.23. The van der Waals surface area contributed by atoms with Crippen LogP contribution < -0.4 is 10.1 Å². The highest BCUT2D eigenvalue weighted by Crippen LogP contribution is 2.29. The summed E-state index contributed by atoms with van der Waals surface area (Å²) in [5.41, 5.74) is 1.02. The van der Waals surface area contributed by atoms with Crippen LogP contribution in [0.15, 0.2) is 34.1 Å². The summed E-state index contributed by atoms with van der Waals surface area (Å²) in [6.45, 7) is 6.60. The van der Waals surface area contributed by atoms with Crippen LogP contribution in [0.1, 0.15) is 24.3 Å². The summed E-state index contributed by atoms with van der Waals surface area (Å²) in [6, 6.07) is 7.83. The zero-order valence-electron chi connectivity index (χ0n) is 12.2. The van der Waals surface area contributed by atoms with Crippen LogP contribution in [0.2, 0.25) is 5.02 Å². The van der Waals surface area contributed by atoms with Crippen molar-refractivity contribution < 1.29 is 4.74 Å². The number of thiophene rings is 1. The Kier molecular flexibility index (Phi) is 6.55. The van der Waals surface area contributed by atoms with Gasteiger partial charge in [-0.1, -0.05) is 31.5 Å². The first kappa shape index (κ1) is 16.8. The summed E-state index contributed by atoms with van der Waals surface area (Å²) in [5.74, 6) is 1.46. The number of nitrogens with one attached hydrogen (secondary N) is 1. The first-order chi connectivity index (χ1) is 10.1. The summed E-state index contributed by atoms with van der Waals surface area (Å²) < 4.78 is 7.05. The zero-order chi connectivity index (χ0) is 15.2. The molecule has 1 aromatic heterocycles. The summed E-state index contributed by atoms with van der Waals surface area (Å²) in [7, 11) is 0. The lowest BCUT2D eigenvalue weighted by molar-refractivity contribution is 0.305. The molecule has 0 aliphatic heterocycles. The van der Waals surface area contributed by atoms with Crippen molar-refractivity contribution >= 4 is 38.9 Å². The fourth-order valence-electron chi connectivity index (χ4n) is 1.90. The van der Waals surface area contributed by atoms with E-state index in [9.17, 15) is 0 Å². The van der Waals surface area contributed by atoms with Crippen LogP contribution in [0, 0.1) is 5.92 Å². The Labute approximate surface area is 143 Å². The van der Waals surface area contributed by atoms with Gasteiger partial charge in [-0.25, -0.2) is 0 Å². The molecule has 0 fully saturated rings. The van der Waals surface area contributed by atoms with Crippen molar-refractivity contribution in [3.05, 3.63) is 49.6 Å². The third kappa shape index (κ3) is 4.99. The molecular formula is C16H19BrClNOS. The van der Waals surface area contributed by atoms with Gasteiger partial charge in [0.2, 0.25) is 0 Å². The van der Waals surface area contributed by atoms with E-state index in [1.165, 1.54) is 4.88 Å². The molecule has 0 radical (unpaired) electrons. The van der Waals surface area contributed by atoms with Crippen molar-refractivity contribution in [2.24, 2.45) is 5.92 Å². The molecule has 1 heterocycles. The summed E-state index contributed by atoms with van der Waals surface area (Å²) in [4.78, 5) is 1.18. The Morgan fingerprint density at radius 3 is 2.81 bits per heavy atom. The molecule has 0 aliphatic rings. The smallest absolute Gasteiger partial charge is 0.125 e. The Morgan fingerprint density at radius 2 is 2.14 bits per heavy atom. The predicted octanol–water partition coefficient (Wildman–Crippen LogP) is 5.49. The lowest BCUT2D eigenvalue weighted by atomic mass is 10.1. The van der Waals surface area contributed by atoms with Gasteiger partial charge < -0.3 is 10.1 Å². The van der Waals surface area contributed by atoms with Crippen LogP contribution in [0.4, 0.5) is 0 Å². The van der Waals surface area contributed by atoms with Crippen LogP contribution in [0.25, 0.3) is 0 Å². The highest BCUT2D eigenvalue weighted by atomic mass is 79.9. The van der Waals surface area contributed by atoms with Gasteiger partial charge in [-0.15, -0.1) is 11.3 Å². The highest BCUT2D eigenvalue weighted by molar-refractivity contribution is 9.10. The molecule has 0 saturated heterocycles. The molecule has 0 saturated carbocycles. The van der Waals surface area contributed by atoms with E-state index in [4.69, 9.17) is 16.3 Å². The fourth-order valence-corrected chi connectivity index (χ4v) is 3.51. The van der Waals surface area contributed by atoms with Gasteiger partial charge in [0, 0.05) is 21.6 Å². The van der Waals surface area contributed by atoms with E-state index in [2.05, 4.69) is 35.1 Å². The molecule has 0 unspecified atom stereocenters. The Morgan fingerprint density at radius 1 is 1.33 bits per heavy atom. The van der Waals surface area contributed by atoms with Crippen molar-refractivity contribution in [1.29, 1.82) is 0 Å². The number of rotatable bonds is 7. The van der Waals surface area contributed by atoms with E-state index in [0.29, 0.717) is 12.5 Å². The second kappa shape index (κ2) is 8.18. The van der Waals surface area contributed by atoms with Gasteiger partial charge in [0.05, 0.1) is 4.88 Å². The minimum atomic E-state index is 0.551. The Bertz CT molecular complexity index is 585. The molecule has 0 atom stereocenters. The maximum Gasteiger partial charge on any atom is 0.125 e. The minimum absolute atomic E-state index is 0.551. The normalized spacial score (nSPS) is 11.1. The molecular weight excluding hydrogens is 370 g/mol. The second-order valence-electron chi connectivity index (χ2n) is 5.22. The van der Waals surface area contributed by atoms with Gasteiger partial charge in [-0.2, -0.15) is 0 Å². The molecule has 0 spiro atoms. The molecule has 1 N–H and O–H groups in total. The summed E-state index contributed by atoms with van der Waals surface area (Å²) in [5, 5.41) is 6.21. The number of halogens is 2. The average molecular weight is 389 g/mol. The van der Waals surface area contributed by atoms with E-state index >= 15 is 0 Å². The van der Waals surface area contributed by atoms with Crippen molar-refractivity contribution in [2.75, 3.05) is 6.54 Å². The van der Waals surface area contributed by atoms with Gasteiger partial charge >= 0.3 is 0 Å². The van der Waals surface area contributed by atoms with Crippen LogP contribution in [-0.4, -0.2) is 6.54 Å². The Hall–Kier alpha value is -0.550. The second-order valence-corrected chi connectivity index (χ2v) is 7.48. The molecule has 2 nitrogen and oxygen atoms in total. The van der Waals surface area contributed by atoms with Crippen LogP contribution in [0.5, 0.6) is 5.75 Å². The monoisotopic (exact) mass is 387 g/mol. The molecule has 0 amide bonds. The number of benzene rings is 1. The minimum Gasteiger partial charge on any atom is -0.488 e. The maximum atomic E-state index is 6.31. The standard InChI is InChI=1S/C16H19BrClNOS/c1-11(2)8-19-9-12-14(18)4-3-5-15(12)20-10-16-13(17)6-7-21-16/h3-7,11,19H,8-10H2,1-2H3. The van der Waals surface area contributed by atoms with Crippen LogP contribution >= 0.6 is 38.9 Å². The molecule has 2 aromatic rings. The van der Waals surface area contributed by atoms with Crippen molar-refractivity contribution in [2.45, 2.75) is 27.0 Å². The molecule has 114 valence electrons. The van der Waals surface area contributed by atoms with Gasteiger partial charge in [0.25, 0.3) is 0 Å². The highest BCUT2D eigenvalue weighted by Gasteiger charge is 2.10.